The highest BCUT2D eigenvalue weighted by Crippen LogP contribution is 2.29. The van der Waals surface area contributed by atoms with Gasteiger partial charge in [0, 0.05) is 13.0 Å². The molecule has 0 saturated heterocycles. The standard InChI is InChI=1S/C22H26N2O5/c1-13(2)10-17(25)20-14(3)16(12-23)21(26)24(22(20)27)9-8-15-6-7-18(28-4)19(11-15)29-5/h6-7,11,13,27H,8-10H2,1-5H3. The number of nitrogens with zero attached hydrogens (tertiary/aromatic N) is 2. The van der Waals surface area contributed by atoms with Crippen LogP contribution in [0.25, 0.3) is 0 Å². The minimum absolute atomic E-state index is 0.0437. The molecule has 0 unspecified atom stereocenters. The summed E-state index contributed by atoms with van der Waals surface area (Å²) in [5.41, 5.74) is 0.388. The zero-order valence-electron chi connectivity index (χ0n) is 17.4. The van der Waals surface area contributed by atoms with E-state index in [4.69, 9.17) is 9.47 Å². The lowest BCUT2D eigenvalue weighted by molar-refractivity contribution is 0.0962. The maximum absolute atomic E-state index is 12.7. The quantitative estimate of drug-likeness (QED) is 0.685. The Morgan fingerprint density at radius 3 is 2.45 bits per heavy atom. The van der Waals surface area contributed by atoms with Gasteiger partial charge in [-0.1, -0.05) is 19.9 Å². The van der Waals surface area contributed by atoms with Crippen molar-refractivity contribution in [2.45, 2.75) is 40.2 Å². The summed E-state index contributed by atoms with van der Waals surface area (Å²) in [4.78, 5) is 25.3. The Hall–Kier alpha value is -3.27. The van der Waals surface area contributed by atoms with Crippen molar-refractivity contribution in [1.29, 1.82) is 5.26 Å². The van der Waals surface area contributed by atoms with E-state index in [0.717, 1.165) is 10.1 Å². The monoisotopic (exact) mass is 398 g/mol. The first-order valence-corrected chi connectivity index (χ1v) is 9.35. The average Bonchev–Trinajstić information content (AvgIpc) is 2.67. The van der Waals surface area contributed by atoms with Crippen LogP contribution < -0.4 is 15.0 Å². The Morgan fingerprint density at radius 2 is 1.90 bits per heavy atom. The fraction of sp³-hybridized carbons (Fsp3) is 0.409. The van der Waals surface area contributed by atoms with Crippen LogP contribution in [0.3, 0.4) is 0 Å². The number of rotatable bonds is 8. The number of methoxy groups -OCH3 is 2. The molecule has 2 aromatic rings. The first-order chi connectivity index (χ1) is 13.7. The number of aromatic nitrogens is 1. The van der Waals surface area contributed by atoms with Crippen molar-refractivity contribution in [3.8, 4) is 23.4 Å². The maximum Gasteiger partial charge on any atom is 0.271 e. The minimum atomic E-state index is -0.607. The molecule has 7 heteroatoms. The molecule has 0 aliphatic heterocycles. The summed E-state index contributed by atoms with van der Waals surface area (Å²) in [6.07, 6.45) is 0.604. The van der Waals surface area contributed by atoms with Crippen LogP contribution in [0.15, 0.2) is 23.0 Å². The van der Waals surface area contributed by atoms with Gasteiger partial charge in [-0.05, 0) is 42.5 Å². The van der Waals surface area contributed by atoms with E-state index in [-0.39, 0.29) is 41.4 Å². The highest BCUT2D eigenvalue weighted by molar-refractivity contribution is 6.00. The number of aryl methyl sites for hydroxylation is 1. The van der Waals surface area contributed by atoms with E-state index in [0.29, 0.717) is 17.9 Å². The molecule has 1 aromatic heterocycles. The largest absolute Gasteiger partial charge is 0.494 e. The summed E-state index contributed by atoms with van der Waals surface area (Å²) in [6.45, 7) is 5.41. The van der Waals surface area contributed by atoms with Crippen LogP contribution in [0, 0.1) is 24.2 Å². The lowest BCUT2D eigenvalue weighted by Gasteiger charge is -2.16. The molecule has 1 N–H and O–H groups in total. The molecule has 154 valence electrons. The fourth-order valence-electron chi connectivity index (χ4n) is 3.24. The number of ketones is 1. The number of hydrogen-bond donors (Lipinski definition) is 1. The van der Waals surface area contributed by atoms with Gasteiger partial charge in [0.05, 0.1) is 19.8 Å². The molecule has 0 aliphatic carbocycles. The van der Waals surface area contributed by atoms with E-state index >= 15 is 0 Å². The Kier molecular flexibility index (Phi) is 7.05. The predicted octanol–water partition coefficient (Wildman–Crippen LogP) is 3.22. The molecule has 0 bridgehead atoms. The number of hydrogen-bond acceptors (Lipinski definition) is 6. The van der Waals surface area contributed by atoms with Gasteiger partial charge >= 0.3 is 0 Å². The number of pyridine rings is 1. The van der Waals surface area contributed by atoms with Crippen molar-refractivity contribution in [1.82, 2.24) is 4.57 Å². The van der Waals surface area contributed by atoms with E-state index in [1.165, 1.54) is 14.0 Å². The van der Waals surface area contributed by atoms with Crippen LogP contribution in [0.5, 0.6) is 17.4 Å². The van der Waals surface area contributed by atoms with Crippen LogP contribution in [0.2, 0.25) is 0 Å². The van der Waals surface area contributed by atoms with Gasteiger partial charge < -0.3 is 14.6 Å². The van der Waals surface area contributed by atoms with Gasteiger partial charge in [0.25, 0.3) is 5.56 Å². The molecule has 29 heavy (non-hydrogen) atoms. The molecular formula is C22H26N2O5. The summed E-state index contributed by atoms with van der Waals surface area (Å²) in [7, 11) is 3.07. The number of carbonyl (C=O) groups excluding carboxylic acids is 1. The lowest BCUT2D eigenvalue weighted by atomic mass is 9.96. The maximum atomic E-state index is 12.7. The third-order valence-electron chi connectivity index (χ3n) is 4.74. The van der Waals surface area contributed by atoms with Crippen LogP contribution >= 0.6 is 0 Å². The number of Topliss-reactive ketones (excluding diaryl/α,β-unsaturated/α-hetero) is 1. The Morgan fingerprint density at radius 1 is 1.24 bits per heavy atom. The Labute approximate surface area is 170 Å². The average molecular weight is 398 g/mol. The zero-order chi connectivity index (χ0) is 21.7. The van der Waals surface area contributed by atoms with Gasteiger partial charge in [0.2, 0.25) is 5.88 Å². The van der Waals surface area contributed by atoms with E-state index in [2.05, 4.69) is 0 Å². The molecule has 0 fully saturated rings. The summed E-state index contributed by atoms with van der Waals surface area (Å²) >= 11 is 0. The van der Waals surface area contributed by atoms with Gasteiger partial charge in [-0.2, -0.15) is 5.26 Å². The molecule has 0 spiro atoms. The zero-order valence-corrected chi connectivity index (χ0v) is 17.4. The van der Waals surface area contributed by atoms with Gasteiger partial charge in [-0.25, -0.2) is 0 Å². The van der Waals surface area contributed by atoms with E-state index in [9.17, 15) is 20.0 Å². The number of carbonyl (C=O) groups is 1. The van der Waals surface area contributed by atoms with Crippen LogP contribution in [-0.4, -0.2) is 29.7 Å². The van der Waals surface area contributed by atoms with Crippen molar-refractivity contribution in [2.75, 3.05) is 14.2 Å². The number of ether oxygens (including phenoxy) is 2. The summed E-state index contributed by atoms with van der Waals surface area (Å²) < 4.78 is 11.6. The molecule has 0 saturated carbocycles. The van der Waals surface area contributed by atoms with Crippen molar-refractivity contribution in [3.63, 3.8) is 0 Å². The molecule has 0 amide bonds. The van der Waals surface area contributed by atoms with E-state index in [1.807, 2.05) is 26.0 Å². The van der Waals surface area contributed by atoms with Crippen LogP contribution in [0.1, 0.15) is 47.3 Å². The van der Waals surface area contributed by atoms with E-state index in [1.54, 1.807) is 19.2 Å². The first kappa shape index (κ1) is 22.0. The number of benzene rings is 1. The summed E-state index contributed by atoms with van der Waals surface area (Å²) in [5.74, 6) is 0.541. The van der Waals surface area contributed by atoms with Crippen LogP contribution in [-0.2, 0) is 13.0 Å². The molecule has 1 heterocycles. The van der Waals surface area contributed by atoms with Gasteiger partial charge in [-0.15, -0.1) is 0 Å². The van der Waals surface area contributed by atoms with Crippen molar-refractivity contribution < 1.29 is 19.4 Å². The van der Waals surface area contributed by atoms with Gasteiger partial charge in [0.15, 0.2) is 17.3 Å². The summed E-state index contributed by atoms with van der Waals surface area (Å²) in [5, 5.41) is 20.1. The topological polar surface area (TPSA) is 102 Å². The van der Waals surface area contributed by atoms with Crippen molar-refractivity contribution in [3.05, 3.63) is 50.8 Å². The Bertz CT molecular complexity index is 1020. The summed E-state index contributed by atoms with van der Waals surface area (Å²) in [6, 6.07) is 7.24. The molecular weight excluding hydrogens is 372 g/mol. The SMILES string of the molecule is COc1ccc(CCn2c(O)c(C(=O)CC(C)C)c(C)c(C#N)c2=O)cc1OC. The van der Waals surface area contributed by atoms with E-state index < -0.39 is 11.4 Å². The predicted molar refractivity (Wildman–Crippen MR) is 109 cm³/mol. The fourth-order valence-corrected chi connectivity index (χ4v) is 3.24. The third-order valence-corrected chi connectivity index (χ3v) is 4.74. The molecule has 1 aromatic carbocycles. The van der Waals surface area contributed by atoms with Crippen molar-refractivity contribution >= 4 is 5.78 Å². The molecule has 2 rings (SSSR count). The lowest BCUT2D eigenvalue weighted by Crippen LogP contribution is -2.27. The smallest absolute Gasteiger partial charge is 0.271 e. The highest BCUT2D eigenvalue weighted by atomic mass is 16.5. The minimum Gasteiger partial charge on any atom is -0.494 e. The second kappa shape index (κ2) is 9.28. The van der Waals surface area contributed by atoms with Gasteiger partial charge in [0.1, 0.15) is 11.6 Å². The van der Waals surface area contributed by atoms with Gasteiger partial charge in [-0.3, -0.25) is 14.2 Å². The number of nitriles is 1. The highest BCUT2D eigenvalue weighted by Gasteiger charge is 2.24. The normalized spacial score (nSPS) is 10.7. The molecule has 0 radical (unpaired) electrons. The second-order valence-corrected chi connectivity index (χ2v) is 7.23. The first-order valence-electron chi connectivity index (χ1n) is 9.35. The van der Waals surface area contributed by atoms with Crippen molar-refractivity contribution in [2.24, 2.45) is 5.92 Å². The number of aromatic hydroxyl groups is 1. The van der Waals surface area contributed by atoms with Crippen LogP contribution in [0.4, 0.5) is 0 Å². The molecule has 0 atom stereocenters. The second-order valence-electron chi connectivity index (χ2n) is 7.23. The molecule has 0 aliphatic rings. The Balaban J connectivity index is 2.46. The molecule has 7 nitrogen and oxygen atoms in total. The third kappa shape index (κ3) is 4.60.